The summed E-state index contributed by atoms with van der Waals surface area (Å²) < 4.78 is 1.84. The number of aliphatic carboxylic acids is 1. The van der Waals surface area contributed by atoms with Gasteiger partial charge in [-0.05, 0) is 24.8 Å². The summed E-state index contributed by atoms with van der Waals surface area (Å²) >= 11 is 0. The van der Waals surface area contributed by atoms with Crippen LogP contribution in [0.25, 0.3) is 0 Å². The maximum Gasteiger partial charge on any atom is 0.303 e. The number of hydrogen-bond donors (Lipinski definition) is 1. The maximum atomic E-state index is 12.3. The zero-order valence-electron chi connectivity index (χ0n) is 12.4. The van der Waals surface area contributed by atoms with Gasteiger partial charge in [-0.25, -0.2) is 0 Å². The summed E-state index contributed by atoms with van der Waals surface area (Å²) in [6, 6.07) is 5.34. The van der Waals surface area contributed by atoms with Gasteiger partial charge in [0.05, 0.1) is 0 Å². The number of hydrogen-bond acceptors (Lipinski definition) is 3. The molecule has 0 aromatic carbocycles. The van der Waals surface area contributed by atoms with Crippen LogP contribution in [0.3, 0.4) is 0 Å². The predicted octanol–water partition coefficient (Wildman–Crippen LogP) is 1.05. The number of rotatable bonds is 4. The van der Waals surface area contributed by atoms with Crippen molar-refractivity contribution in [3.05, 3.63) is 34.2 Å². The molecule has 0 saturated carbocycles. The van der Waals surface area contributed by atoms with Crippen molar-refractivity contribution in [3.8, 4) is 0 Å². The van der Waals surface area contributed by atoms with Crippen molar-refractivity contribution in [1.29, 1.82) is 0 Å². The minimum absolute atomic E-state index is 0.0303. The molecule has 0 radical (unpaired) electrons. The molecule has 118 valence electrons. The van der Waals surface area contributed by atoms with Gasteiger partial charge in [-0.2, -0.15) is 0 Å². The second-order valence-corrected chi connectivity index (χ2v) is 6.24. The number of amides is 1. The van der Waals surface area contributed by atoms with E-state index in [1.165, 1.54) is 0 Å². The van der Waals surface area contributed by atoms with Gasteiger partial charge in [-0.1, -0.05) is 6.07 Å². The lowest BCUT2D eigenvalue weighted by Crippen LogP contribution is -2.49. The monoisotopic (exact) mass is 304 g/mol. The molecule has 6 heteroatoms. The number of carbonyl (C=O) groups is 2. The Kier molecular flexibility index (Phi) is 4.00. The van der Waals surface area contributed by atoms with Crippen LogP contribution in [-0.4, -0.2) is 39.5 Å². The molecule has 3 heterocycles. The topological polar surface area (TPSA) is 79.6 Å². The standard InChI is InChI=1S/C16H20N2O4/c19-14(4-2-6-16(21)22)17-8-11-7-12(10-17)13-3-1-5-15(20)18(13)9-11/h1,3,5,11-12H,2,4,6-10H2,(H,21,22)/t11-,12-/m1/s1. The molecule has 1 aromatic heterocycles. The van der Waals surface area contributed by atoms with Crippen LogP contribution in [0.1, 0.15) is 37.3 Å². The second kappa shape index (κ2) is 5.94. The fourth-order valence-electron chi connectivity index (χ4n) is 3.65. The normalized spacial score (nSPS) is 23.0. The van der Waals surface area contributed by atoms with Crippen molar-refractivity contribution in [2.45, 2.75) is 38.1 Å². The van der Waals surface area contributed by atoms with E-state index in [-0.39, 0.29) is 30.2 Å². The SMILES string of the molecule is O=C(O)CCCC(=O)N1C[C@H]2C[C@H](C1)c1cccc(=O)n1C2. The number of piperidine rings is 1. The molecule has 0 unspecified atom stereocenters. The lowest BCUT2D eigenvalue weighted by molar-refractivity contribution is -0.137. The van der Waals surface area contributed by atoms with E-state index in [0.29, 0.717) is 32.0 Å². The number of carboxylic acid groups (broad SMARTS) is 1. The van der Waals surface area contributed by atoms with Gasteiger partial charge in [0.25, 0.3) is 5.56 Å². The number of aromatic nitrogens is 1. The first-order valence-corrected chi connectivity index (χ1v) is 7.74. The van der Waals surface area contributed by atoms with Crippen molar-refractivity contribution in [1.82, 2.24) is 9.47 Å². The van der Waals surface area contributed by atoms with Gasteiger partial charge in [0.15, 0.2) is 0 Å². The molecule has 2 aliphatic rings. The maximum absolute atomic E-state index is 12.3. The Balaban J connectivity index is 1.69. The molecular weight excluding hydrogens is 284 g/mol. The van der Waals surface area contributed by atoms with Crippen LogP contribution in [0, 0.1) is 5.92 Å². The van der Waals surface area contributed by atoms with Gasteiger partial charge < -0.3 is 14.6 Å². The molecule has 0 aliphatic carbocycles. The van der Waals surface area contributed by atoms with Crippen LogP contribution in [0.5, 0.6) is 0 Å². The summed E-state index contributed by atoms with van der Waals surface area (Å²) in [4.78, 5) is 36.6. The average Bonchev–Trinajstić information content (AvgIpc) is 2.48. The van der Waals surface area contributed by atoms with Crippen molar-refractivity contribution < 1.29 is 14.7 Å². The van der Waals surface area contributed by atoms with Gasteiger partial charge in [-0.3, -0.25) is 14.4 Å². The van der Waals surface area contributed by atoms with Crippen molar-refractivity contribution in [3.63, 3.8) is 0 Å². The molecule has 1 N–H and O–H groups in total. The van der Waals surface area contributed by atoms with E-state index < -0.39 is 5.97 Å². The molecule has 1 fully saturated rings. The summed E-state index contributed by atoms with van der Waals surface area (Å²) in [7, 11) is 0. The molecule has 1 amide bonds. The Hall–Kier alpha value is -2.11. The zero-order valence-corrected chi connectivity index (χ0v) is 12.4. The fraction of sp³-hybridized carbons (Fsp3) is 0.562. The van der Waals surface area contributed by atoms with Gasteiger partial charge in [0, 0.05) is 50.2 Å². The third-order valence-corrected chi connectivity index (χ3v) is 4.61. The molecule has 1 aromatic rings. The van der Waals surface area contributed by atoms with Crippen LogP contribution in [-0.2, 0) is 16.1 Å². The van der Waals surface area contributed by atoms with Gasteiger partial charge in [0.2, 0.25) is 5.91 Å². The Morgan fingerprint density at radius 1 is 1.18 bits per heavy atom. The lowest BCUT2D eigenvalue weighted by Gasteiger charge is -2.42. The van der Waals surface area contributed by atoms with Crippen molar-refractivity contribution >= 4 is 11.9 Å². The summed E-state index contributed by atoms with van der Waals surface area (Å²) in [6.45, 7) is 1.97. The van der Waals surface area contributed by atoms with Crippen LogP contribution >= 0.6 is 0 Å². The fourth-order valence-corrected chi connectivity index (χ4v) is 3.65. The number of carboxylic acids is 1. The summed E-state index contributed by atoms with van der Waals surface area (Å²) in [5.41, 5.74) is 1.06. The minimum atomic E-state index is -0.864. The Morgan fingerprint density at radius 3 is 2.77 bits per heavy atom. The van der Waals surface area contributed by atoms with Gasteiger partial charge in [0.1, 0.15) is 0 Å². The molecule has 1 saturated heterocycles. The number of pyridine rings is 1. The van der Waals surface area contributed by atoms with E-state index in [1.54, 1.807) is 12.1 Å². The highest BCUT2D eigenvalue weighted by Crippen LogP contribution is 2.35. The molecule has 2 aliphatic heterocycles. The summed E-state index contributed by atoms with van der Waals surface area (Å²) in [5, 5.41) is 8.65. The highest BCUT2D eigenvalue weighted by Gasteiger charge is 2.35. The molecule has 22 heavy (non-hydrogen) atoms. The van der Waals surface area contributed by atoms with Crippen LogP contribution in [0.15, 0.2) is 23.0 Å². The molecule has 3 rings (SSSR count). The largest absolute Gasteiger partial charge is 0.481 e. The predicted molar refractivity (Wildman–Crippen MR) is 79.6 cm³/mol. The highest BCUT2D eigenvalue weighted by molar-refractivity contribution is 5.77. The second-order valence-electron chi connectivity index (χ2n) is 6.24. The van der Waals surface area contributed by atoms with Crippen molar-refractivity contribution in [2.75, 3.05) is 13.1 Å². The zero-order chi connectivity index (χ0) is 15.7. The summed E-state index contributed by atoms with van der Waals surface area (Å²) in [6.07, 6.45) is 1.72. The van der Waals surface area contributed by atoms with E-state index in [2.05, 4.69) is 0 Å². The van der Waals surface area contributed by atoms with Gasteiger partial charge >= 0.3 is 5.97 Å². The van der Waals surface area contributed by atoms with Crippen LogP contribution < -0.4 is 5.56 Å². The van der Waals surface area contributed by atoms with E-state index in [0.717, 1.165) is 12.1 Å². The number of carbonyl (C=O) groups excluding carboxylic acids is 1. The lowest BCUT2D eigenvalue weighted by atomic mass is 9.83. The van der Waals surface area contributed by atoms with E-state index in [4.69, 9.17) is 5.11 Å². The first kappa shape index (κ1) is 14.8. The Morgan fingerprint density at radius 2 is 2.00 bits per heavy atom. The Labute approximate surface area is 128 Å². The Bertz CT molecular complexity index is 652. The smallest absolute Gasteiger partial charge is 0.303 e. The molecule has 2 atom stereocenters. The third-order valence-electron chi connectivity index (χ3n) is 4.61. The first-order valence-electron chi connectivity index (χ1n) is 7.74. The number of fused-ring (bicyclic) bond motifs is 4. The van der Waals surface area contributed by atoms with E-state index in [1.807, 2.05) is 15.5 Å². The third kappa shape index (κ3) is 2.91. The molecule has 2 bridgehead atoms. The van der Waals surface area contributed by atoms with Gasteiger partial charge in [-0.15, -0.1) is 0 Å². The minimum Gasteiger partial charge on any atom is -0.481 e. The molecule has 6 nitrogen and oxygen atoms in total. The van der Waals surface area contributed by atoms with E-state index in [9.17, 15) is 14.4 Å². The van der Waals surface area contributed by atoms with Crippen molar-refractivity contribution in [2.24, 2.45) is 5.92 Å². The summed E-state index contributed by atoms with van der Waals surface area (Å²) in [5.74, 6) is -0.307. The highest BCUT2D eigenvalue weighted by atomic mass is 16.4. The first-order chi connectivity index (χ1) is 10.5. The quantitative estimate of drug-likeness (QED) is 0.901. The van der Waals surface area contributed by atoms with Crippen LogP contribution in [0.2, 0.25) is 0 Å². The number of likely N-dealkylation sites (tertiary alicyclic amines) is 1. The van der Waals surface area contributed by atoms with E-state index >= 15 is 0 Å². The average molecular weight is 304 g/mol. The molecular formula is C16H20N2O4. The van der Waals surface area contributed by atoms with Crippen LogP contribution in [0.4, 0.5) is 0 Å². The molecule has 0 spiro atoms. The number of nitrogens with zero attached hydrogens (tertiary/aromatic N) is 2.